The first kappa shape index (κ1) is 19.0. The number of aliphatic imine (C=N–C) groups is 1. The van der Waals surface area contributed by atoms with Crippen LogP contribution in [0, 0.1) is 13.8 Å². The van der Waals surface area contributed by atoms with Gasteiger partial charge >= 0.3 is 0 Å². The molecule has 1 aromatic heterocycles. The lowest BCUT2D eigenvalue weighted by molar-refractivity contribution is 0.597. The average Bonchev–Trinajstić information content (AvgIpc) is 2.95. The molecule has 0 saturated carbocycles. The van der Waals surface area contributed by atoms with E-state index in [0.29, 0.717) is 23.9 Å². The SMILES string of the molecule is CN=C(NCCn1cc(C)cn1)NCc1ccc(S(C)(=O)=O)c(C)c1. The lowest BCUT2D eigenvalue weighted by Gasteiger charge is -2.13. The van der Waals surface area contributed by atoms with Crippen LogP contribution in [0.5, 0.6) is 0 Å². The molecule has 2 rings (SSSR count). The van der Waals surface area contributed by atoms with Gasteiger partial charge in [-0.2, -0.15) is 5.10 Å². The van der Waals surface area contributed by atoms with Crippen molar-refractivity contribution in [3.8, 4) is 0 Å². The number of nitrogens with zero attached hydrogens (tertiary/aromatic N) is 3. The fourth-order valence-corrected chi connectivity index (χ4v) is 3.48. The second-order valence-electron chi connectivity index (χ2n) is 6.01. The zero-order valence-corrected chi connectivity index (χ0v) is 15.9. The highest BCUT2D eigenvalue weighted by Crippen LogP contribution is 2.16. The number of guanidine groups is 1. The first-order chi connectivity index (χ1) is 11.8. The summed E-state index contributed by atoms with van der Waals surface area (Å²) in [5, 5.41) is 10.7. The maximum Gasteiger partial charge on any atom is 0.191 e. The highest BCUT2D eigenvalue weighted by atomic mass is 32.2. The summed E-state index contributed by atoms with van der Waals surface area (Å²) in [5.41, 5.74) is 2.88. The Hall–Kier alpha value is -2.35. The van der Waals surface area contributed by atoms with Crippen LogP contribution in [0.1, 0.15) is 16.7 Å². The van der Waals surface area contributed by atoms with E-state index in [4.69, 9.17) is 0 Å². The van der Waals surface area contributed by atoms with Crippen LogP contribution in [0.2, 0.25) is 0 Å². The highest BCUT2D eigenvalue weighted by Gasteiger charge is 2.10. The summed E-state index contributed by atoms with van der Waals surface area (Å²) in [6.07, 6.45) is 5.04. The van der Waals surface area contributed by atoms with Gasteiger partial charge in [0.2, 0.25) is 0 Å². The summed E-state index contributed by atoms with van der Waals surface area (Å²) in [5.74, 6) is 0.689. The van der Waals surface area contributed by atoms with Crippen molar-refractivity contribution in [1.82, 2.24) is 20.4 Å². The van der Waals surface area contributed by atoms with Crippen molar-refractivity contribution < 1.29 is 8.42 Å². The largest absolute Gasteiger partial charge is 0.355 e. The molecule has 1 heterocycles. The molecule has 0 amide bonds. The van der Waals surface area contributed by atoms with Crippen LogP contribution >= 0.6 is 0 Å². The highest BCUT2D eigenvalue weighted by molar-refractivity contribution is 7.90. The summed E-state index contributed by atoms with van der Waals surface area (Å²) < 4.78 is 25.2. The Morgan fingerprint density at radius 3 is 2.60 bits per heavy atom. The van der Waals surface area contributed by atoms with Gasteiger partial charge in [0.1, 0.15) is 0 Å². The Morgan fingerprint density at radius 1 is 1.28 bits per heavy atom. The Balaban J connectivity index is 1.87. The summed E-state index contributed by atoms with van der Waals surface area (Å²) in [6, 6.07) is 5.34. The van der Waals surface area contributed by atoms with E-state index in [0.717, 1.165) is 23.2 Å². The van der Waals surface area contributed by atoms with Gasteiger partial charge in [-0.1, -0.05) is 12.1 Å². The van der Waals surface area contributed by atoms with Gasteiger partial charge in [-0.15, -0.1) is 0 Å². The van der Waals surface area contributed by atoms with Crippen LogP contribution in [0.4, 0.5) is 0 Å². The van der Waals surface area contributed by atoms with Gasteiger partial charge in [0.15, 0.2) is 15.8 Å². The molecule has 136 valence electrons. The molecule has 0 spiro atoms. The van der Waals surface area contributed by atoms with Gasteiger partial charge in [0, 0.05) is 32.6 Å². The minimum absolute atomic E-state index is 0.369. The molecule has 0 unspecified atom stereocenters. The maximum atomic E-state index is 11.7. The fourth-order valence-electron chi connectivity index (χ4n) is 2.52. The second kappa shape index (κ2) is 8.15. The fraction of sp³-hybridized carbons (Fsp3) is 0.412. The van der Waals surface area contributed by atoms with Crippen LogP contribution < -0.4 is 10.6 Å². The Morgan fingerprint density at radius 2 is 2.04 bits per heavy atom. The van der Waals surface area contributed by atoms with Gasteiger partial charge in [0.25, 0.3) is 0 Å². The number of hydrogen-bond acceptors (Lipinski definition) is 4. The first-order valence-corrected chi connectivity index (χ1v) is 9.92. The van der Waals surface area contributed by atoms with Crippen molar-refractivity contribution in [3.63, 3.8) is 0 Å². The van der Waals surface area contributed by atoms with Crippen LogP contribution in [0.3, 0.4) is 0 Å². The minimum Gasteiger partial charge on any atom is -0.355 e. The third-order valence-electron chi connectivity index (χ3n) is 3.72. The van der Waals surface area contributed by atoms with Crippen molar-refractivity contribution in [2.75, 3.05) is 19.8 Å². The molecule has 0 radical (unpaired) electrons. The van der Waals surface area contributed by atoms with Gasteiger partial charge in [-0.05, 0) is 36.6 Å². The Bertz CT molecular complexity index is 856. The van der Waals surface area contributed by atoms with Crippen molar-refractivity contribution >= 4 is 15.8 Å². The zero-order valence-electron chi connectivity index (χ0n) is 15.1. The lowest BCUT2D eigenvalue weighted by atomic mass is 10.1. The molecular weight excluding hydrogens is 338 g/mol. The summed E-state index contributed by atoms with van der Waals surface area (Å²) >= 11 is 0. The molecule has 0 aliphatic rings. The van der Waals surface area contributed by atoms with Crippen LogP contribution in [0.25, 0.3) is 0 Å². The molecule has 1 aromatic carbocycles. The summed E-state index contributed by atoms with van der Waals surface area (Å²) in [7, 11) is -1.47. The Kier molecular flexibility index (Phi) is 6.19. The number of benzene rings is 1. The molecular formula is C17H25N5O2S. The zero-order chi connectivity index (χ0) is 18.4. The van der Waals surface area contributed by atoms with E-state index in [-0.39, 0.29) is 0 Å². The molecule has 25 heavy (non-hydrogen) atoms. The second-order valence-corrected chi connectivity index (χ2v) is 7.99. The van der Waals surface area contributed by atoms with Gasteiger partial charge in [0.05, 0.1) is 17.6 Å². The number of nitrogens with one attached hydrogen (secondary N) is 2. The Labute approximate surface area is 149 Å². The predicted octanol–water partition coefficient (Wildman–Crippen LogP) is 1.27. The normalized spacial score (nSPS) is 12.2. The van der Waals surface area contributed by atoms with Crippen LogP contribution in [-0.4, -0.2) is 44.0 Å². The predicted molar refractivity (Wildman–Crippen MR) is 99.5 cm³/mol. The third kappa shape index (κ3) is 5.60. The third-order valence-corrected chi connectivity index (χ3v) is 4.98. The average molecular weight is 363 g/mol. The minimum atomic E-state index is -3.19. The molecule has 0 atom stereocenters. The van der Waals surface area contributed by atoms with Crippen LogP contribution in [0.15, 0.2) is 40.5 Å². The smallest absolute Gasteiger partial charge is 0.191 e. The number of aromatic nitrogens is 2. The van der Waals surface area contributed by atoms with E-state index < -0.39 is 9.84 Å². The lowest BCUT2D eigenvalue weighted by Crippen LogP contribution is -2.38. The van der Waals surface area contributed by atoms with Crippen LogP contribution in [-0.2, 0) is 22.9 Å². The van der Waals surface area contributed by atoms with Gasteiger partial charge in [-0.25, -0.2) is 8.42 Å². The molecule has 7 nitrogen and oxygen atoms in total. The molecule has 0 fully saturated rings. The molecule has 0 aliphatic heterocycles. The molecule has 0 saturated heterocycles. The number of aryl methyl sites for hydroxylation is 2. The molecule has 8 heteroatoms. The van der Waals surface area contributed by atoms with E-state index in [2.05, 4.69) is 20.7 Å². The van der Waals surface area contributed by atoms with E-state index in [1.807, 2.05) is 36.1 Å². The quantitative estimate of drug-likeness (QED) is 0.596. The summed E-state index contributed by atoms with van der Waals surface area (Å²) in [4.78, 5) is 4.56. The van der Waals surface area contributed by atoms with Gasteiger partial charge in [-0.3, -0.25) is 9.67 Å². The van der Waals surface area contributed by atoms with Crippen molar-refractivity contribution in [3.05, 3.63) is 47.3 Å². The van der Waals surface area contributed by atoms with Gasteiger partial charge < -0.3 is 10.6 Å². The van der Waals surface area contributed by atoms with E-state index in [1.165, 1.54) is 6.26 Å². The number of hydrogen-bond donors (Lipinski definition) is 2. The number of sulfone groups is 1. The maximum absolute atomic E-state index is 11.7. The molecule has 2 aromatic rings. The monoisotopic (exact) mass is 363 g/mol. The van der Waals surface area contributed by atoms with Crippen molar-refractivity contribution in [2.24, 2.45) is 4.99 Å². The van der Waals surface area contributed by atoms with E-state index in [9.17, 15) is 8.42 Å². The standard InChI is InChI=1S/C17H25N5O2S/c1-13-10-21-22(12-13)8-7-19-17(18-3)20-11-15-5-6-16(14(2)9-15)25(4,23)24/h5-6,9-10,12H,7-8,11H2,1-4H3,(H2,18,19,20). The topological polar surface area (TPSA) is 88.4 Å². The molecule has 0 bridgehead atoms. The molecule has 0 aliphatic carbocycles. The number of rotatable bonds is 6. The van der Waals surface area contributed by atoms with Crippen molar-refractivity contribution in [2.45, 2.75) is 31.8 Å². The van der Waals surface area contributed by atoms with Crippen molar-refractivity contribution in [1.29, 1.82) is 0 Å². The summed E-state index contributed by atoms with van der Waals surface area (Å²) in [6.45, 7) is 5.82. The first-order valence-electron chi connectivity index (χ1n) is 8.03. The van der Waals surface area contributed by atoms with E-state index >= 15 is 0 Å². The van der Waals surface area contributed by atoms with E-state index in [1.54, 1.807) is 20.0 Å². The molecule has 2 N–H and O–H groups in total.